The second-order valence-electron chi connectivity index (χ2n) is 29.2. The van der Waals surface area contributed by atoms with Crippen LogP contribution >= 0.6 is 59.8 Å². The monoisotopic (exact) mass is 1780 g/mol. The Balaban J connectivity index is 0.000000693. The van der Waals surface area contributed by atoms with E-state index >= 15 is 0 Å². The van der Waals surface area contributed by atoms with Gasteiger partial charge in [-0.25, -0.2) is 13.1 Å². The quantitative estimate of drug-likeness (QED) is 0.0732. The van der Waals surface area contributed by atoms with Crippen LogP contribution in [0.5, 0.6) is 0 Å². The van der Waals surface area contributed by atoms with Crippen molar-refractivity contribution in [3.8, 4) is 0 Å². The molecule has 7 aliphatic rings. The lowest BCUT2D eigenvalue weighted by Gasteiger charge is -2.37. The van der Waals surface area contributed by atoms with Crippen LogP contribution in [-0.4, -0.2) is 138 Å². The van der Waals surface area contributed by atoms with E-state index in [4.69, 9.17) is 56.9 Å². The van der Waals surface area contributed by atoms with Crippen molar-refractivity contribution in [1.82, 2.24) is 20.2 Å². The molecule has 102 heavy (non-hydrogen) atoms. The Bertz CT molecular complexity index is 3110. The van der Waals surface area contributed by atoms with Gasteiger partial charge in [-0.15, -0.1) is 0 Å². The van der Waals surface area contributed by atoms with Gasteiger partial charge in [-0.2, -0.15) is 19.2 Å². The third-order valence-corrected chi connectivity index (χ3v) is 19.8. The van der Waals surface area contributed by atoms with E-state index in [0.717, 1.165) is 102 Å². The fourth-order valence-electron chi connectivity index (χ4n) is 12.2. The number of allylic oxidation sites excluding steroid dienone is 10. The fourth-order valence-corrected chi connectivity index (χ4v) is 13.4. The second kappa shape index (κ2) is 49.9. The summed E-state index contributed by atoms with van der Waals surface area (Å²) in [4.78, 5) is 58.1. The molecule has 25 heteroatoms. The summed E-state index contributed by atoms with van der Waals surface area (Å²) in [6.07, 6.45) is 43.6. The van der Waals surface area contributed by atoms with Crippen LogP contribution in [0, 0.1) is 23.7 Å². The molecule has 6 unspecified atom stereocenters. The Morgan fingerprint density at radius 3 is 1.38 bits per heavy atom. The van der Waals surface area contributed by atoms with E-state index in [9.17, 15) is 18.0 Å². The maximum absolute atomic E-state index is 13.0. The average molecular weight is 1780 g/mol. The van der Waals surface area contributed by atoms with E-state index in [-0.39, 0.29) is 129 Å². The molecule has 5 saturated heterocycles. The van der Waals surface area contributed by atoms with Crippen molar-refractivity contribution in [2.75, 3.05) is 6.26 Å². The second-order valence-corrected chi connectivity index (χ2v) is 31.8. The first-order chi connectivity index (χ1) is 47.6. The van der Waals surface area contributed by atoms with Crippen molar-refractivity contribution in [2.24, 2.45) is 23.7 Å². The summed E-state index contributed by atoms with van der Waals surface area (Å²) in [5, 5.41) is 10.3. The molecule has 0 spiro atoms. The third-order valence-electron chi connectivity index (χ3n) is 18.5. The highest BCUT2D eigenvalue weighted by atomic mass is 128. The Morgan fingerprint density at radius 1 is 0.618 bits per heavy atom. The van der Waals surface area contributed by atoms with Crippen molar-refractivity contribution in [3.05, 3.63) is 118 Å². The maximum Gasteiger partial charge on any atom is 0.487 e. The van der Waals surface area contributed by atoms with E-state index in [0.29, 0.717) is 24.0 Å². The van der Waals surface area contributed by atoms with Gasteiger partial charge in [0.05, 0.1) is 78.4 Å². The lowest BCUT2D eigenvalue weighted by Crippen LogP contribution is -2.41. The summed E-state index contributed by atoms with van der Waals surface area (Å²) in [6.45, 7) is 39.4. The van der Waals surface area contributed by atoms with Crippen molar-refractivity contribution in [1.29, 1.82) is 0 Å². The van der Waals surface area contributed by atoms with Crippen LogP contribution in [0.3, 0.4) is 0 Å². The number of halogens is 3. The van der Waals surface area contributed by atoms with E-state index in [1.54, 1.807) is 0 Å². The number of fused-ring (bicyclic) bond motifs is 8. The minimum atomic E-state index is -3.35. The number of aromatic nitrogens is 4. The zero-order chi connectivity index (χ0) is 76.1. The van der Waals surface area contributed by atoms with Gasteiger partial charge in [0, 0.05) is 68.2 Å². The van der Waals surface area contributed by atoms with Gasteiger partial charge < -0.3 is 37.7 Å². The Labute approximate surface area is 648 Å². The lowest BCUT2D eigenvalue weighted by molar-refractivity contribution is -0.193. The number of cyclic esters (lactones) is 2. The average Bonchev–Trinajstić information content (AvgIpc) is 1.64. The zero-order valence-corrected chi connectivity index (χ0v) is 70.0. The van der Waals surface area contributed by atoms with Crippen LogP contribution < -0.4 is 0 Å². The minimum absolute atomic E-state index is 0. The molecule has 8 heterocycles. The van der Waals surface area contributed by atoms with Gasteiger partial charge in [0.25, 0.3) is 5.16 Å². The van der Waals surface area contributed by atoms with Gasteiger partial charge in [-0.05, 0) is 191 Å². The van der Waals surface area contributed by atoms with Crippen LogP contribution in [0.1, 0.15) is 227 Å². The molecule has 0 radical (unpaired) electrons. The Kier molecular flexibility index (Phi) is 47.0. The van der Waals surface area contributed by atoms with Crippen LogP contribution in [-0.2, 0) is 81.9 Å². The number of ether oxygens (including phenoxy) is 6. The first-order valence-electron chi connectivity index (χ1n) is 35.4. The first-order valence-corrected chi connectivity index (χ1v) is 44.8. The number of rotatable bonds is 9. The maximum atomic E-state index is 13.0. The molecule has 5 fully saturated rings. The Hall–Kier alpha value is -3.87. The molecule has 7 aliphatic heterocycles. The predicted octanol–water partition coefficient (Wildman–Crippen LogP) is 17.9. The molecule has 1 aromatic rings. The molecular formula is C77H120BI3N4O16S. The van der Waals surface area contributed by atoms with Crippen molar-refractivity contribution < 1.29 is 74.9 Å². The number of nitrogens with zero attached hydrogens (tertiary/aromatic N) is 4. The normalized spacial score (nSPS) is 30.1. The number of carbonyl (C=O) groups excluding carboxylic acids is 6. The van der Waals surface area contributed by atoms with E-state index in [1.807, 2.05) is 67.3 Å². The summed E-state index contributed by atoms with van der Waals surface area (Å²) in [6, 6.07) is 0. The molecule has 8 bridgehead atoms. The van der Waals surface area contributed by atoms with Crippen molar-refractivity contribution in [2.45, 2.75) is 310 Å². The summed E-state index contributed by atoms with van der Waals surface area (Å²) in [5.41, 5.74) is 4.10. The summed E-state index contributed by atoms with van der Waals surface area (Å²) in [7, 11) is -3.58. The molecule has 0 saturated carbocycles. The van der Waals surface area contributed by atoms with Crippen LogP contribution in [0.25, 0.3) is 0 Å². The number of hydrogen-bond acceptors (Lipinski definition) is 19. The smallest absolute Gasteiger partial charge is 0.457 e. The fraction of sp³-hybridized carbons (Fsp3) is 0.675. The third kappa shape index (κ3) is 37.6. The SMILES string of the molecule is C.C=C1CC2CC(=O)OC(/C=C/C=C\C=C(/C)CC)[C@@H](C)/C=C/[C@H](C)C[C@H]3CCCC(C[C@@H](C1)O2)O3.C=C1CC2CC(=O)OC(/C=C/I)[C@@H](C)/C=C/[C@H](C)C[C@H]3CCCC(C[C@@H](C1)O2)O3.CC(C)(C)n1nnnc1S(C)(=O)=O.CC/C(C)=C/C=C\B1OC(C)(C)C(C)(C)O1.II.O=C=O.O=C=O. The van der Waals surface area contributed by atoms with Gasteiger partial charge in [-0.1, -0.05) is 179 Å². The van der Waals surface area contributed by atoms with E-state index in [1.165, 1.54) is 34.2 Å². The van der Waals surface area contributed by atoms with Crippen LogP contribution in [0.2, 0.25) is 0 Å². The summed E-state index contributed by atoms with van der Waals surface area (Å²) < 4.78 is 74.7. The van der Waals surface area contributed by atoms with Gasteiger partial charge in [-0.3, -0.25) is 9.59 Å². The zero-order valence-electron chi connectivity index (χ0n) is 62.7. The van der Waals surface area contributed by atoms with Gasteiger partial charge in [0.1, 0.15) is 12.2 Å². The van der Waals surface area contributed by atoms with E-state index < -0.39 is 15.4 Å². The number of carbonyl (C=O) groups is 2. The summed E-state index contributed by atoms with van der Waals surface area (Å²) >= 11 is 6.42. The van der Waals surface area contributed by atoms with Gasteiger partial charge in [0.15, 0.2) is 0 Å². The highest BCUT2D eigenvalue weighted by molar-refractivity contribution is 15.0. The molecule has 0 aliphatic carbocycles. The molecule has 8 rings (SSSR count). The Morgan fingerprint density at radius 2 is 1.00 bits per heavy atom. The van der Waals surface area contributed by atoms with Gasteiger partial charge in [0.2, 0.25) is 9.84 Å². The van der Waals surface area contributed by atoms with E-state index in [2.05, 4.69) is 208 Å². The largest absolute Gasteiger partial charge is 0.487 e. The molecular weight excluding hydrogens is 1660 g/mol. The topological polar surface area (TPSA) is 254 Å². The minimum Gasteiger partial charge on any atom is -0.457 e. The standard InChI is InChI=1S/C31H46O4.C24H35IO4.C13H23BO2.C6H12N4O2S.2CO2.CH4.I2/c1-6-22(2)11-8-7-9-14-30-25(5)16-15-23(3)17-26-12-10-13-27(33-26)20-28-18-24(4)19-29(34-28)21-31(32)35-30;1-16-7-8-18(3)23(9-10-25)29-24(26)15-22-13-17(2)12-21(28-22)14-20-6-4-5-19(11-16)27-20;1-7-11(2)9-8-10-14-15-12(3,4)13(5,6)16-14;1-6(2,3)10-5(7-8-9-10)13(4,11)12;2*2-1-3;;1-2/h7-9,11,14-16,23,25-30H,4,6,10,12-13,17-21H2,1-3,5H3;7-10,16,18-23H,2,4-6,11-15H2,1,3H3;8-10H,7H2,1-6H3;1-4H3;;;1H4;/b8-7-,14-9+,16-15+,22-11+;8-7+,10-9+;10-8-,11-9+;;;;;/t23-,25-,26+,27?,28+,29?,30?;16-,18-,19+,20?,21+,22?,23?;;;;;;/m00....../s1. The predicted molar refractivity (Wildman–Crippen MR) is 427 cm³/mol. The lowest BCUT2D eigenvalue weighted by atomic mass is 9.90. The molecule has 14 atom stereocenters. The van der Waals surface area contributed by atoms with Gasteiger partial charge >= 0.3 is 31.4 Å². The first kappa shape index (κ1) is 96.1. The molecule has 1 aromatic heterocycles. The molecule has 0 aromatic carbocycles. The van der Waals surface area contributed by atoms with Crippen molar-refractivity contribution >= 4 is 101 Å². The number of sulfone groups is 1. The highest BCUT2D eigenvalue weighted by Crippen LogP contribution is 2.38. The molecule has 0 amide bonds. The molecule has 0 N–H and O–H groups in total. The van der Waals surface area contributed by atoms with Crippen LogP contribution in [0.15, 0.2) is 124 Å². The molecule has 20 nitrogen and oxygen atoms in total. The van der Waals surface area contributed by atoms with Crippen LogP contribution in [0.4, 0.5) is 0 Å². The number of esters is 2. The number of hydrogen-bond donors (Lipinski definition) is 0. The number of tetrazole rings is 1. The summed E-state index contributed by atoms with van der Waals surface area (Å²) in [5.74, 6) is 2.60. The van der Waals surface area contributed by atoms with Crippen molar-refractivity contribution in [3.63, 3.8) is 0 Å². The molecule has 574 valence electrons. The highest BCUT2D eigenvalue weighted by Gasteiger charge is 2.50.